The second-order valence-electron chi connectivity index (χ2n) is 6.09. The van der Waals surface area contributed by atoms with Gasteiger partial charge in [-0.15, -0.1) is 11.8 Å². The van der Waals surface area contributed by atoms with Crippen molar-refractivity contribution in [3.05, 3.63) is 66.2 Å². The molecule has 0 atom stereocenters. The lowest BCUT2D eigenvalue weighted by atomic mass is 10.1. The van der Waals surface area contributed by atoms with Crippen molar-refractivity contribution >= 4 is 52.4 Å². The number of thioether (sulfide) groups is 1. The maximum atomic E-state index is 12.3. The minimum absolute atomic E-state index is 0.194. The zero-order chi connectivity index (χ0) is 19.5. The van der Waals surface area contributed by atoms with E-state index in [1.54, 1.807) is 48.6 Å². The molecule has 140 valence electrons. The van der Waals surface area contributed by atoms with Crippen LogP contribution in [0.25, 0.3) is 11.6 Å². The zero-order valence-electron chi connectivity index (χ0n) is 14.9. The number of benzene rings is 2. The van der Waals surface area contributed by atoms with Crippen LogP contribution in [-0.2, 0) is 4.79 Å². The zero-order valence-corrected chi connectivity index (χ0v) is 15.8. The first-order chi connectivity index (χ1) is 13.6. The van der Waals surface area contributed by atoms with Gasteiger partial charge in [-0.05, 0) is 54.8 Å². The van der Waals surface area contributed by atoms with Gasteiger partial charge in [-0.25, -0.2) is 9.78 Å². The molecule has 28 heavy (non-hydrogen) atoms. The number of anilines is 3. The second-order valence-corrected chi connectivity index (χ2v) is 6.97. The number of urea groups is 1. The quantitative estimate of drug-likeness (QED) is 0.394. The van der Waals surface area contributed by atoms with Crippen LogP contribution in [0.2, 0.25) is 0 Å². The molecule has 1 aliphatic heterocycles. The number of aromatic nitrogens is 2. The fourth-order valence-corrected chi connectivity index (χ4v) is 3.29. The standard InChI is InChI=1S/C20H17N5O2S/c1-28-15-5-2-12(3-6-15)23-20(27)24-13-4-7-18-16(8-13)17(19(26)25-18)9-14-10-21-11-22-14/h2-11H,1H3,(H,21,22)(H,25,26)(H2,23,24,27)/b17-9-. The van der Waals surface area contributed by atoms with Gasteiger partial charge in [0.1, 0.15) is 0 Å². The number of carbonyl (C=O) groups excluding carboxylic acids is 2. The molecule has 8 heteroatoms. The number of nitrogens with zero attached hydrogens (tertiary/aromatic N) is 1. The van der Waals surface area contributed by atoms with Crippen LogP contribution in [0.5, 0.6) is 0 Å². The van der Waals surface area contributed by atoms with E-state index >= 15 is 0 Å². The van der Waals surface area contributed by atoms with Gasteiger partial charge in [0.15, 0.2) is 0 Å². The van der Waals surface area contributed by atoms with Gasteiger partial charge in [0.05, 0.1) is 23.8 Å². The van der Waals surface area contributed by atoms with E-state index in [0.717, 1.165) is 16.2 Å². The number of carbonyl (C=O) groups is 2. The number of imidazole rings is 1. The topological polar surface area (TPSA) is 98.9 Å². The van der Waals surface area contributed by atoms with Crippen LogP contribution in [0.3, 0.4) is 0 Å². The Balaban J connectivity index is 1.51. The van der Waals surface area contributed by atoms with E-state index in [1.165, 1.54) is 0 Å². The number of H-pyrrole nitrogens is 1. The minimum atomic E-state index is -0.353. The normalized spacial score (nSPS) is 13.9. The van der Waals surface area contributed by atoms with Crippen LogP contribution in [-0.4, -0.2) is 28.2 Å². The highest BCUT2D eigenvalue weighted by Crippen LogP contribution is 2.34. The predicted octanol–water partition coefficient (Wildman–Crippen LogP) is 4.27. The van der Waals surface area contributed by atoms with E-state index in [9.17, 15) is 9.59 Å². The molecule has 3 aromatic rings. The summed E-state index contributed by atoms with van der Waals surface area (Å²) >= 11 is 1.64. The smallest absolute Gasteiger partial charge is 0.323 e. The molecular formula is C20H17N5O2S. The van der Waals surface area contributed by atoms with E-state index in [1.807, 2.05) is 30.5 Å². The summed E-state index contributed by atoms with van der Waals surface area (Å²) in [5, 5.41) is 8.42. The average Bonchev–Trinajstić information content (AvgIpc) is 3.31. The van der Waals surface area contributed by atoms with Gasteiger partial charge in [0, 0.05) is 27.5 Å². The Labute approximate surface area is 165 Å². The summed E-state index contributed by atoms with van der Waals surface area (Å²) in [6.45, 7) is 0. The predicted molar refractivity (Wildman–Crippen MR) is 112 cm³/mol. The Morgan fingerprint density at radius 2 is 1.86 bits per heavy atom. The highest BCUT2D eigenvalue weighted by molar-refractivity contribution is 7.98. The van der Waals surface area contributed by atoms with Crippen LogP contribution >= 0.6 is 11.8 Å². The molecule has 0 aliphatic carbocycles. The van der Waals surface area contributed by atoms with Crippen LogP contribution in [0.4, 0.5) is 21.9 Å². The fourth-order valence-electron chi connectivity index (χ4n) is 2.88. The third kappa shape index (κ3) is 3.77. The molecule has 2 aromatic carbocycles. The molecule has 4 rings (SSSR count). The molecular weight excluding hydrogens is 374 g/mol. The molecule has 0 bridgehead atoms. The number of fused-ring (bicyclic) bond motifs is 1. The Morgan fingerprint density at radius 1 is 1.11 bits per heavy atom. The summed E-state index contributed by atoms with van der Waals surface area (Å²) in [5.74, 6) is -0.194. The first-order valence-corrected chi connectivity index (χ1v) is 9.73. The molecule has 0 saturated carbocycles. The SMILES string of the molecule is CSc1ccc(NC(=O)Nc2ccc3c(c2)/C(=C/c2cnc[nH]2)C(=O)N3)cc1. The Kier molecular flexibility index (Phi) is 4.86. The summed E-state index contributed by atoms with van der Waals surface area (Å²) in [6.07, 6.45) is 6.91. The van der Waals surface area contributed by atoms with Crippen molar-refractivity contribution in [3.63, 3.8) is 0 Å². The maximum Gasteiger partial charge on any atom is 0.323 e. The highest BCUT2D eigenvalue weighted by Gasteiger charge is 2.24. The lowest BCUT2D eigenvalue weighted by Gasteiger charge is -2.09. The lowest BCUT2D eigenvalue weighted by Crippen LogP contribution is -2.19. The van der Waals surface area contributed by atoms with Gasteiger partial charge in [-0.2, -0.15) is 0 Å². The molecule has 3 amide bonds. The van der Waals surface area contributed by atoms with Crippen LogP contribution in [0.15, 0.2) is 59.9 Å². The van der Waals surface area contributed by atoms with Crippen molar-refractivity contribution in [3.8, 4) is 0 Å². The van der Waals surface area contributed by atoms with Gasteiger partial charge < -0.3 is 20.9 Å². The molecule has 4 N–H and O–H groups in total. The Bertz CT molecular complexity index is 1060. The highest BCUT2D eigenvalue weighted by atomic mass is 32.2. The number of hydrogen-bond acceptors (Lipinski definition) is 4. The fraction of sp³-hybridized carbons (Fsp3) is 0.0500. The van der Waals surface area contributed by atoms with Crippen molar-refractivity contribution < 1.29 is 9.59 Å². The third-order valence-corrected chi connectivity index (χ3v) is 4.97. The summed E-state index contributed by atoms with van der Waals surface area (Å²) in [4.78, 5) is 32.6. The lowest BCUT2D eigenvalue weighted by molar-refractivity contribution is -0.110. The van der Waals surface area contributed by atoms with Crippen LogP contribution in [0, 0.1) is 0 Å². The van der Waals surface area contributed by atoms with Gasteiger partial charge in [-0.3, -0.25) is 4.79 Å². The molecule has 0 spiro atoms. The summed E-state index contributed by atoms with van der Waals surface area (Å²) in [7, 11) is 0. The summed E-state index contributed by atoms with van der Waals surface area (Å²) < 4.78 is 0. The molecule has 2 heterocycles. The number of nitrogens with one attached hydrogen (secondary N) is 4. The van der Waals surface area contributed by atoms with E-state index in [-0.39, 0.29) is 11.9 Å². The van der Waals surface area contributed by atoms with E-state index in [4.69, 9.17) is 0 Å². The minimum Gasteiger partial charge on any atom is -0.345 e. The van der Waals surface area contributed by atoms with E-state index in [2.05, 4.69) is 25.9 Å². The molecule has 1 aromatic heterocycles. The monoisotopic (exact) mass is 391 g/mol. The number of rotatable bonds is 4. The second kappa shape index (κ2) is 7.61. The van der Waals surface area contributed by atoms with Gasteiger partial charge in [0.2, 0.25) is 0 Å². The largest absolute Gasteiger partial charge is 0.345 e. The molecule has 0 fully saturated rings. The van der Waals surface area contributed by atoms with E-state index in [0.29, 0.717) is 22.6 Å². The summed E-state index contributed by atoms with van der Waals surface area (Å²) in [5.41, 5.74) is 3.95. The number of hydrogen-bond donors (Lipinski definition) is 4. The first-order valence-electron chi connectivity index (χ1n) is 8.50. The van der Waals surface area contributed by atoms with Crippen molar-refractivity contribution in [2.24, 2.45) is 0 Å². The molecule has 1 aliphatic rings. The molecule has 7 nitrogen and oxygen atoms in total. The van der Waals surface area contributed by atoms with Crippen molar-refractivity contribution in [1.82, 2.24) is 9.97 Å². The number of amides is 3. The van der Waals surface area contributed by atoms with E-state index < -0.39 is 0 Å². The van der Waals surface area contributed by atoms with Crippen LogP contribution < -0.4 is 16.0 Å². The Morgan fingerprint density at radius 3 is 2.57 bits per heavy atom. The molecule has 0 unspecified atom stereocenters. The van der Waals surface area contributed by atoms with Crippen LogP contribution in [0.1, 0.15) is 11.3 Å². The third-order valence-electron chi connectivity index (χ3n) is 4.23. The average molecular weight is 391 g/mol. The van der Waals surface area contributed by atoms with Crippen molar-refractivity contribution in [2.45, 2.75) is 4.90 Å². The van der Waals surface area contributed by atoms with Gasteiger partial charge >= 0.3 is 6.03 Å². The molecule has 0 radical (unpaired) electrons. The van der Waals surface area contributed by atoms with Crippen molar-refractivity contribution in [2.75, 3.05) is 22.2 Å². The van der Waals surface area contributed by atoms with Crippen molar-refractivity contribution in [1.29, 1.82) is 0 Å². The number of aromatic amines is 1. The Hall–Kier alpha value is -3.52. The first kappa shape index (κ1) is 17.9. The molecule has 0 saturated heterocycles. The maximum absolute atomic E-state index is 12.3. The van der Waals surface area contributed by atoms with Gasteiger partial charge in [0.25, 0.3) is 5.91 Å². The summed E-state index contributed by atoms with van der Waals surface area (Å²) in [6, 6.07) is 12.5. The van der Waals surface area contributed by atoms with Gasteiger partial charge in [-0.1, -0.05) is 0 Å².